The van der Waals surface area contributed by atoms with Crippen molar-refractivity contribution in [2.45, 2.75) is 84.3 Å². The van der Waals surface area contributed by atoms with E-state index in [1.807, 2.05) is 25.1 Å². The molecule has 186 valence electrons. The zero-order valence-electron chi connectivity index (χ0n) is 21.1. The van der Waals surface area contributed by atoms with Crippen molar-refractivity contribution in [3.05, 3.63) is 23.8 Å². The number of likely N-dealkylation sites (tertiary alicyclic amines) is 1. The highest BCUT2D eigenvalue weighted by molar-refractivity contribution is 5.76. The van der Waals surface area contributed by atoms with Gasteiger partial charge in [0.05, 0.1) is 26.4 Å². The van der Waals surface area contributed by atoms with Crippen LogP contribution < -0.4 is 9.47 Å². The van der Waals surface area contributed by atoms with Gasteiger partial charge in [0.2, 0.25) is 5.91 Å². The fourth-order valence-electron chi connectivity index (χ4n) is 4.66. The second kappa shape index (κ2) is 14.1. The Bertz CT molecular complexity index is 722. The molecule has 7 nitrogen and oxygen atoms in total. The van der Waals surface area contributed by atoms with Gasteiger partial charge in [-0.05, 0) is 58.6 Å². The minimum Gasteiger partial charge on any atom is -0.496 e. The second-order valence-electron chi connectivity index (χ2n) is 8.91. The lowest BCUT2D eigenvalue weighted by Gasteiger charge is -2.41. The van der Waals surface area contributed by atoms with Gasteiger partial charge in [0.1, 0.15) is 11.5 Å². The fourth-order valence-corrected chi connectivity index (χ4v) is 4.66. The van der Waals surface area contributed by atoms with Crippen molar-refractivity contribution in [2.75, 3.05) is 33.9 Å². The van der Waals surface area contributed by atoms with Crippen LogP contribution in [0, 0.1) is 0 Å². The summed E-state index contributed by atoms with van der Waals surface area (Å²) in [5, 5.41) is 0. The molecule has 1 aliphatic heterocycles. The Hall–Kier alpha value is -2.28. The van der Waals surface area contributed by atoms with Crippen molar-refractivity contribution < 1.29 is 23.8 Å². The lowest BCUT2D eigenvalue weighted by Crippen LogP contribution is -2.50. The average Bonchev–Trinajstić information content (AvgIpc) is 2.80. The highest BCUT2D eigenvalue weighted by Crippen LogP contribution is 2.31. The molecule has 7 heteroatoms. The van der Waals surface area contributed by atoms with E-state index in [9.17, 15) is 9.59 Å². The Morgan fingerprint density at radius 2 is 1.64 bits per heavy atom. The first-order chi connectivity index (χ1) is 15.9. The van der Waals surface area contributed by atoms with Crippen LogP contribution >= 0.6 is 0 Å². The van der Waals surface area contributed by atoms with E-state index in [0.717, 1.165) is 68.8 Å². The SMILES string of the molecule is CCOC(=O)CCCCCC(=O)N(C(C)C)C1CCN(Cc2c(OC)cccc2OC)CC1. The smallest absolute Gasteiger partial charge is 0.305 e. The van der Waals surface area contributed by atoms with E-state index in [1.54, 1.807) is 14.2 Å². The van der Waals surface area contributed by atoms with Gasteiger partial charge in [0.25, 0.3) is 0 Å². The van der Waals surface area contributed by atoms with E-state index in [2.05, 4.69) is 23.6 Å². The van der Waals surface area contributed by atoms with Gasteiger partial charge in [-0.15, -0.1) is 0 Å². The summed E-state index contributed by atoms with van der Waals surface area (Å²) < 4.78 is 16.1. The van der Waals surface area contributed by atoms with Crippen LogP contribution in [-0.4, -0.2) is 67.7 Å². The topological polar surface area (TPSA) is 68.3 Å². The second-order valence-corrected chi connectivity index (χ2v) is 8.91. The molecule has 0 saturated carbocycles. The lowest BCUT2D eigenvalue weighted by atomic mass is 9.99. The van der Waals surface area contributed by atoms with Crippen molar-refractivity contribution in [2.24, 2.45) is 0 Å². The summed E-state index contributed by atoms with van der Waals surface area (Å²) in [7, 11) is 3.38. The normalized spacial score (nSPS) is 14.8. The van der Waals surface area contributed by atoms with Crippen LogP contribution in [0.15, 0.2) is 18.2 Å². The third-order valence-electron chi connectivity index (χ3n) is 6.28. The third kappa shape index (κ3) is 8.22. The van der Waals surface area contributed by atoms with Gasteiger partial charge >= 0.3 is 5.97 Å². The van der Waals surface area contributed by atoms with Gasteiger partial charge in [-0.25, -0.2) is 0 Å². The van der Waals surface area contributed by atoms with Gasteiger partial charge < -0.3 is 19.1 Å². The molecule has 0 radical (unpaired) electrons. The summed E-state index contributed by atoms with van der Waals surface area (Å²) in [6.07, 6.45) is 5.36. The third-order valence-corrected chi connectivity index (χ3v) is 6.28. The standard InChI is InChI=1S/C26H42N2O5/c1-6-33-26(30)14-9-7-8-13-25(29)28(20(2)3)21-15-17-27(18-16-21)19-22-23(31-4)11-10-12-24(22)32-5/h10-12,20-21H,6-9,13-19H2,1-5H3. The van der Waals surface area contributed by atoms with Crippen LogP contribution in [0.3, 0.4) is 0 Å². The zero-order valence-corrected chi connectivity index (χ0v) is 21.1. The molecular formula is C26H42N2O5. The van der Waals surface area contributed by atoms with E-state index >= 15 is 0 Å². The molecule has 0 N–H and O–H groups in total. The first kappa shape index (κ1) is 27.0. The number of carbonyl (C=O) groups is 2. The highest BCUT2D eigenvalue weighted by atomic mass is 16.5. The van der Waals surface area contributed by atoms with E-state index in [0.29, 0.717) is 19.4 Å². The Labute approximate surface area is 199 Å². The van der Waals surface area contributed by atoms with Crippen molar-refractivity contribution in [1.29, 1.82) is 0 Å². The van der Waals surface area contributed by atoms with Crippen LogP contribution in [0.5, 0.6) is 11.5 Å². The quantitative estimate of drug-likeness (QED) is 0.319. The molecule has 1 saturated heterocycles. The molecule has 0 bridgehead atoms. The van der Waals surface area contributed by atoms with E-state index < -0.39 is 0 Å². The van der Waals surface area contributed by atoms with Crippen LogP contribution in [-0.2, 0) is 20.9 Å². The largest absolute Gasteiger partial charge is 0.496 e. The van der Waals surface area contributed by atoms with Gasteiger partial charge in [0.15, 0.2) is 0 Å². The molecule has 33 heavy (non-hydrogen) atoms. The van der Waals surface area contributed by atoms with E-state index in [1.165, 1.54) is 0 Å². The maximum Gasteiger partial charge on any atom is 0.305 e. The number of nitrogens with zero attached hydrogens (tertiary/aromatic N) is 2. The maximum absolute atomic E-state index is 13.0. The monoisotopic (exact) mass is 462 g/mol. The molecule has 1 fully saturated rings. The number of unbranched alkanes of at least 4 members (excludes halogenated alkanes) is 2. The summed E-state index contributed by atoms with van der Waals surface area (Å²) in [4.78, 5) is 29.0. The molecular weight excluding hydrogens is 420 g/mol. The molecule has 0 unspecified atom stereocenters. The van der Waals surface area contributed by atoms with Crippen LogP contribution in [0.4, 0.5) is 0 Å². The predicted molar refractivity (Wildman–Crippen MR) is 130 cm³/mol. The molecule has 1 aliphatic rings. The van der Waals surface area contributed by atoms with Crippen LogP contribution in [0.25, 0.3) is 0 Å². The fraction of sp³-hybridized carbons (Fsp3) is 0.692. The minimum absolute atomic E-state index is 0.148. The number of piperidine rings is 1. The van der Waals surface area contributed by atoms with Gasteiger partial charge in [0, 0.05) is 44.6 Å². The summed E-state index contributed by atoms with van der Waals surface area (Å²) in [6.45, 7) is 9.08. The number of methoxy groups -OCH3 is 2. The number of carbonyl (C=O) groups excluding carboxylic acids is 2. The Morgan fingerprint density at radius 3 is 2.18 bits per heavy atom. The molecule has 1 aromatic rings. The van der Waals surface area contributed by atoms with Crippen molar-refractivity contribution in [1.82, 2.24) is 9.80 Å². The van der Waals surface area contributed by atoms with Crippen LogP contribution in [0.2, 0.25) is 0 Å². The molecule has 2 rings (SSSR count). The summed E-state index contributed by atoms with van der Waals surface area (Å²) in [5.74, 6) is 1.77. The molecule has 0 aromatic heterocycles. The number of hydrogen-bond donors (Lipinski definition) is 0. The Balaban J connectivity index is 1.84. The number of ether oxygens (including phenoxy) is 3. The molecule has 1 amide bonds. The first-order valence-corrected chi connectivity index (χ1v) is 12.3. The average molecular weight is 463 g/mol. The summed E-state index contributed by atoms with van der Waals surface area (Å²) in [5.41, 5.74) is 1.07. The zero-order chi connectivity index (χ0) is 24.2. The summed E-state index contributed by atoms with van der Waals surface area (Å²) in [6, 6.07) is 6.33. The maximum atomic E-state index is 13.0. The number of rotatable bonds is 13. The van der Waals surface area contributed by atoms with Gasteiger partial charge in [-0.1, -0.05) is 12.5 Å². The number of esters is 1. The van der Waals surface area contributed by atoms with E-state index in [-0.39, 0.29) is 24.0 Å². The van der Waals surface area contributed by atoms with Crippen molar-refractivity contribution in [3.63, 3.8) is 0 Å². The van der Waals surface area contributed by atoms with Crippen molar-refractivity contribution in [3.8, 4) is 11.5 Å². The van der Waals surface area contributed by atoms with E-state index in [4.69, 9.17) is 14.2 Å². The van der Waals surface area contributed by atoms with Crippen LogP contribution in [0.1, 0.15) is 71.3 Å². The molecule has 0 atom stereocenters. The number of amides is 1. The molecule has 1 aromatic carbocycles. The van der Waals surface area contributed by atoms with Crippen molar-refractivity contribution >= 4 is 11.9 Å². The predicted octanol–water partition coefficient (Wildman–Crippen LogP) is 4.42. The number of hydrogen-bond acceptors (Lipinski definition) is 6. The summed E-state index contributed by atoms with van der Waals surface area (Å²) >= 11 is 0. The molecule has 1 heterocycles. The Morgan fingerprint density at radius 1 is 1.03 bits per heavy atom. The first-order valence-electron chi connectivity index (χ1n) is 12.3. The molecule has 0 aliphatic carbocycles. The highest BCUT2D eigenvalue weighted by Gasteiger charge is 2.30. The Kier molecular flexibility index (Phi) is 11.5. The molecule has 0 spiro atoms. The number of benzene rings is 1. The lowest BCUT2D eigenvalue weighted by molar-refractivity contribution is -0.143. The van der Waals surface area contributed by atoms with Gasteiger partial charge in [-0.2, -0.15) is 0 Å². The minimum atomic E-state index is -0.148. The van der Waals surface area contributed by atoms with Gasteiger partial charge in [-0.3, -0.25) is 14.5 Å².